The highest BCUT2D eigenvalue weighted by molar-refractivity contribution is 5.45. The molecule has 3 nitrogen and oxygen atoms in total. The molecule has 0 saturated carbocycles. The van der Waals surface area contributed by atoms with Crippen LogP contribution in [0.2, 0.25) is 0 Å². The van der Waals surface area contributed by atoms with Gasteiger partial charge in [-0.15, -0.1) is 0 Å². The van der Waals surface area contributed by atoms with Crippen LogP contribution in [0.3, 0.4) is 0 Å². The Labute approximate surface area is 107 Å². The fourth-order valence-electron chi connectivity index (χ4n) is 1.92. The van der Waals surface area contributed by atoms with Gasteiger partial charge in [0.25, 0.3) is 0 Å². The molecule has 2 aromatic carbocycles. The third kappa shape index (κ3) is 2.46. The molecular weight excluding hydrogens is 226 g/mol. The highest BCUT2D eigenvalue weighted by Gasteiger charge is 2.14. The maximum absolute atomic E-state index is 6.26. The Bertz CT molecular complexity index is 511. The average molecular weight is 243 g/mol. The van der Waals surface area contributed by atoms with Crippen molar-refractivity contribution < 1.29 is 9.47 Å². The minimum Gasteiger partial charge on any atom is -0.497 e. The quantitative estimate of drug-likeness (QED) is 0.898. The summed E-state index contributed by atoms with van der Waals surface area (Å²) in [6, 6.07) is 15.4. The molecule has 0 fully saturated rings. The number of rotatable bonds is 4. The van der Waals surface area contributed by atoms with Gasteiger partial charge in [0, 0.05) is 11.6 Å². The van der Waals surface area contributed by atoms with Gasteiger partial charge >= 0.3 is 0 Å². The van der Waals surface area contributed by atoms with Crippen LogP contribution in [0, 0.1) is 0 Å². The predicted molar refractivity (Wildman–Crippen MR) is 72.0 cm³/mol. The maximum Gasteiger partial charge on any atom is 0.127 e. The largest absolute Gasteiger partial charge is 0.497 e. The summed E-state index contributed by atoms with van der Waals surface area (Å²) in [7, 11) is 3.27. The van der Waals surface area contributed by atoms with Crippen molar-refractivity contribution in [1.29, 1.82) is 0 Å². The van der Waals surface area contributed by atoms with Crippen LogP contribution < -0.4 is 15.2 Å². The van der Waals surface area contributed by atoms with Gasteiger partial charge in [-0.25, -0.2) is 0 Å². The summed E-state index contributed by atoms with van der Waals surface area (Å²) in [4.78, 5) is 0. The molecule has 0 aliphatic heterocycles. The van der Waals surface area contributed by atoms with Crippen molar-refractivity contribution in [2.75, 3.05) is 14.2 Å². The zero-order chi connectivity index (χ0) is 13.0. The Morgan fingerprint density at radius 1 is 0.944 bits per heavy atom. The number of benzene rings is 2. The van der Waals surface area contributed by atoms with Crippen LogP contribution in [0.1, 0.15) is 17.2 Å². The number of hydrogen-bond donors (Lipinski definition) is 1. The van der Waals surface area contributed by atoms with E-state index in [1.165, 1.54) is 0 Å². The minimum atomic E-state index is -0.202. The first kappa shape index (κ1) is 12.5. The molecular formula is C15H17NO2. The van der Waals surface area contributed by atoms with Crippen LogP contribution in [0.4, 0.5) is 0 Å². The van der Waals surface area contributed by atoms with E-state index in [0.29, 0.717) is 0 Å². The summed E-state index contributed by atoms with van der Waals surface area (Å²) in [5, 5.41) is 0. The van der Waals surface area contributed by atoms with E-state index in [9.17, 15) is 0 Å². The molecule has 0 spiro atoms. The van der Waals surface area contributed by atoms with Gasteiger partial charge in [-0.05, 0) is 17.7 Å². The SMILES string of the molecule is COc1ccc(C(N)c2ccccc2)c(OC)c1. The molecule has 2 aromatic rings. The van der Waals surface area contributed by atoms with Crippen molar-refractivity contribution in [2.45, 2.75) is 6.04 Å². The van der Waals surface area contributed by atoms with Gasteiger partial charge in [-0.2, -0.15) is 0 Å². The Hall–Kier alpha value is -2.00. The standard InChI is InChI=1S/C15H17NO2/c1-17-12-8-9-13(14(10-12)18-2)15(16)11-6-4-3-5-7-11/h3-10,15H,16H2,1-2H3. The molecule has 0 bridgehead atoms. The summed E-state index contributed by atoms with van der Waals surface area (Å²) in [6.07, 6.45) is 0. The first-order chi connectivity index (χ1) is 8.76. The third-order valence-electron chi connectivity index (χ3n) is 2.93. The van der Waals surface area contributed by atoms with Crippen molar-refractivity contribution >= 4 is 0 Å². The lowest BCUT2D eigenvalue weighted by molar-refractivity contribution is 0.390. The summed E-state index contributed by atoms with van der Waals surface area (Å²) < 4.78 is 10.5. The van der Waals surface area contributed by atoms with E-state index in [2.05, 4.69) is 0 Å². The van der Waals surface area contributed by atoms with E-state index >= 15 is 0 Å². The Kier molecular flexibility index (Phi) is 3.85. The molecule has 0 aliphatic carbocycles. The number of hydrogen-bond acceptors (Lipinski definition) is 3. The normalized spacial score (nSPS) is 11.9. The smallest absolute Gasteiger partial charge is 0.127 e. The number of ether oxygens (including phenoxy) is 2. The Morgan fingerprint density at radius 3 is 2.28 bits per heavy atom. The topological polar surface area (TPSA) is 44.5 Å². The van der Waals surface area contributed by atoms with Crippen LogP contribution >= 0.6 is 0 Å². The second-order valence-corrected chi connectivity index (χ2v) is 4.00. The lowest BCUT2D eigenvalue weighted by Crippen LogP contribution is -2.13. The molecule has 94 valence electrons. The van der Waals surface area contributed by atoms with Gasteiger partial charge in [0.1, 0.15) is 11.5 Å². The van der Waals surface area contributed by atoms with Gasteiger partial charge < -0.3 is 15.2 Å². The molecule has 0 saturated heterocycles. The van der Waals surface area contributed by atoms with E-state index in [1.54, 1.807) is 14.2 Å². The monoisotopic (exact) mass is 243 g/mol. The van der Waals surface area contributed by atoms with Gasteiger partial charge in [0.15, 0.2) is 0 Å². The molecule has 0 aromatic heterocycles. The molecule has 0 aliphatic rings. The molecule has 3 heteroatoms. The fourth-order valence-corrected chi connectivity index (χ4v) is 1.92. The van der Waals surface area contributed by atoms with Crippen molar-refractivity contribution in [2.24, 2.45) is 5.73 Å². The summed E-state index contributed by atoms with van der Waals surface area (Å²) in [6.45, 7) is 0. The lowest BCUT2D eigenvalue weighted by Gasteiger charge is -2.16. The van der Waals surface area contributed by atoms with Crippen molar-refractivity contribution in [3.05, 3.63) is 59.7 Å². The fraction of sp³-hybridized carbons (Fsp3) is 0.200. The second kappa shape index (κ2) is 5.56. The van der Waals surface area contributed by atoms with Crippen LogP contribution in [0.15, 0.2) is 48.5 Å². The van der Waals surface area contributed by atoms with E-state index in [-0.39, 0.29) is 6.04 Å². The zero-order valence-electron chi connectivity index (χ0n) is 10.6. The van der Waals surface area contributed by atoms with Crippen LogP contribution in [-0.4, -0.2) is 14.2 Å². The van der Waals surface area contributed by atoms with E-state index in [4.69, 9.17) is 15.2 Å². The van der Waals surface area contributed by atoms with Crippen molar-refractivity contribution in [3.63, 3.8) is 0 Å². The van der Waals surface area contributed by atoms with E-state index in [0.717, 1.165) is 22.6 Å². The molecule has 0 heterocycles. The maximum atomic E-state index is 6.26. The average Bonchev–Trinajstić information content (AvgIpc) is 2.46. The Morgan fingerprint density at radius 2 is 1.67 bits per heavy atom. The predicted octanol–water partition coefficient (Wildman–Crippen LogP) is 2.75. The molecule has 2 rings (SSSR count). The number of methoxy groups -OCH3 is 2. The van der Waals surface area contributed by atoms with E-state index < -0.39 is 0 Å². The summed E-state index contributed by atoms with van der Waals surface area (Å²) >= 11 is 0. The summed E-state index contributed by atoms with van der Waals surface area (Å²) in [5.41, 5.74) is 8.27. The lowest BCUT2D eigenvalue weighted by atomic mass is 9.98. The molecule has 0 amide bonds. The Balaban J connectivity index is 2.38. The highest BCUT2D eigenvalue weighted by Crippen LogP contribution is 2.31. The van der Waals surface area contributed by atoms with Gasteiger partial charge in [-0.3, -0.25) is 0 Å². The number of nitrogens with two attached hydrogens (primary N) is 1. The van der Waals surface area contributed by atoms with Crippen LogP contribution in [-0.2, 0) is 0 Å². The van der Waals surface area contributed by atoms with E-state index in [1.807, 2.05) is 48.5 Å². The molecule has 2 N–H and O–H groups in total. The van der Waals surface area contributed by atoms with Crippen molar-refractivity contribution in [3.8, 4) is 11.5 Å². The summed E-state index contributed by atoms with van der Waals surface area (Å²) in [5.74, 6) is 1.50. The molecule has 18 heavy (non-hydrogen) atoms. The van der Waals surface area contributed by atoms with Gasteiger partial charge in [-0.1, -0.05) is 30.3 Å². The van der Waals surface area contributed by atoms with Gasteiger partial charge in [0.05, 0.1) is 20.3 Å². The minimum absolute atomic E-state index is 0.202. The van der Waals surface area contributed by atoms with Crippen LogP contribution in [0.25, 0.3) is 0 Å². The first-order valence-electron chi connectivity index (χ1n) is 5.78. The van der Waals surface area contributed by atoms with Crippen molar-refractivity contribution in [1.82, 2.24) is 0 Å². The third-order valence-corrected chi connectivity index (χ3v) is 2.93. The second-order valence-electron chi connectivity index (χ2n) is 4.00. The zero-order valence-corrected chi connectivity index (χ0v) is 10.6. The first-order valence-corrected chi connectivity index (χ1v) is 5.78. The molecule has 1 atom stereocenters. The molecule has 0 radical (unpaired) electrons. The van der Waals surface area contributed by atoms with Crippen LogP contribution in [0.5, 0.6) is 11.5 Å². The molecule has 1 unspecified atom stereocenters. The highest BCUT2D eigenvalue weighted by atomic mass is 16.5. The van der Waals surface area contributed by atoms with Gasteiger partial charge in [0.2, 0.25) is 0 Å².